The number of aromatic nitrogens is 1. The average Bonchev–Trinajstić information content (AvgIpc) is 2.19. The SMILES string of the molecule is COc1cc2ccnc(Cl)c2cc1F. The fraction of sp³-hybridized carbons (Fsp3) is 0.100. The van der Waals surface area contributed by atoms with E-state index >= 15 is 0 Å². The summed E-state index contributed by atoms with van der Waals surface area (Å²) in [5.41, 5.74) is 0. The maximum Gasteiger partial charge on any atom is 0.165 e. The summed E-state index contributed by atoms with van der Waals surface area (Å²) in [5.74, 6) is -0.227. The Kier molecular flexibility index (Phi) is 2.25. The zero-order valence-electron chi connectivity index (χ0n) is 7.42. The molecule has 0 saturated heterocycles. The molecule has 2 nitrogen and oxygen atoms in total. The number of fused-ring (bicyclic) bond motifs is 1. The van der Waals surface area contributed by atoms with Gasteiger partial charge in [-0.05, 0) is 23.6 Å². The number of rotatable bonds is 1. The maximum absolute atomic E-state index is 13.3. The van der Waals surface area contributed by atoms with Crippen LogP contribution in [0.1, 0.15) is 0 Å². The molecule has 1 heterocycles. The molecule has 72 valence electrons. The van der Waals surface area contributed by atoms with Gasteiger partial charge in [0.2, 0.25) is 0 Å². The molecule has 0 radical (unpaired) electrons. The van der Waals surface area contributed by atoms with Crippen molar-refractivity contribution in [2.45, 2.75) is 0 Å². The average molecular weight is 212 g/mol. The third-order valence-electron chi connectivity index (χ3n) is 1.99. The Bertz CT molecular complexity index is 487. The lowest BCUT2D eigenvalue weighted by Gasteiger charge is -2.04. The van der Waals surface area contributed by atoms with Crippen molar-refractivity contribution in [3.8, 4) is 5.75 Å². The maximum atomic E-state index is 13.3. The Morgan fingerprint density at radius 1 is 1.43 bits per heavy atom. The minimum absolute atomic E-state index is 0.208. The van der Waals surface area contributed by atoms with Crippen LogP contribution < -0.4 is 4.74 Å². The largest absolute Gasteiger partial charge is 0.494 e. The van der Waals surface area contributed by atoms with Crippen molar-refractivity contribution >= 4 is 22.4 Å². The standard InChI is InChI=1S/C10H7ClFNO/c1-14-9-4-6-2-3-13-10(11)7(6)5-8(9)12/h2-5H,1H3. The number of benzene rings is 1. The van der Waals surface area contributed by atoms with Crippen LogP contribution in [0.2, 0.25) is 5.15 Å². The van der Waals surface area contributed by atoms with Crippen molar-refractivity contribution in [1.82, 2.24) is 4.98 Å². The number of hydrogen-bond donors (Lipinski definition) is 0. The zero-order chi connectivity index (χ0) is 10.1. The highest BCUT2D eigenvalue weighted by Crippen LogP contribution is 2.27. The molecule has 0 N–H and O–H groups in total. The van der Waals surface area contributed by atoms with Gasteiger partial charge in [0.05, 0.1) is 7.11 Å². The highest BCUT2D eigenvalue weighted by Gasteiger charge is 2.07. The fourth-order valence-corrected chi connectivity index (χ4v) is 1.51. The molecule has 0 aliphatic rings. The molecule has 1 aromatic carbocycles. The Labute approximate surface area is 85.3 Å². The first-order valence-electron chi connectivity index (χ1n) is 4.00. The van der Waals surface area contributed by atoms with E-state index in [-0.39, 0.29) is 5.75 Å². The predicted octanol–water partition coefficient (Wildman–Crippen LogP) is 3.04. The monoisotopic (exact) mass is 211 g/mol. The van der Waals surface area contributed by atoms with Gasteiger partial charge in [0.15, 0.2) is 11.6 Å². The van der Waals surface area contributed by atoms with Gasteiger partial charge < -0.3 is 4.74 Å². The van der Waals surface area contributed by atoms with Crippen molar-refractivity contribution in [3.63, 3.8) is 0 Å². The second-order valence-corrected chi connectivity index (χ2v) is 3.17. The summed E-state index contributed by atoms with van der Waals surface area (Å²) in [5, 5.41) is 1.69. The Balaban J connectivity index is 2.79. The van der Waals surface area contributed by atoms with E-state index in [0.29, 0.717) is 10.5 Å². The third-order valence-corrected chi connectivity index (χ3v) is 2.29. The van der Waals surface area contributed by atoms with Crippen LogP contribution in [0.3, 0.4) is 0 Å². The molecule has 0 amide bonds. The summed E-state index contributed by atoms with van der Waals surface area (Å²) in [6, 6.07) is 4.67. The number of nitrogens with zero attached hydrogens (tertiary/aromatic N) is 1. The molecule has 0 saturated carbocycles. The van der Waals surface area contributed by atoms with Crippen LogP contribution in [0.25, 0.3) is 10.8 Å². The second-order valence-electron chi connectivity index (χ2n) is 2.81. The minimum Gasteiger partial charge on any atom is -0.494 e. The summed E-state index contributed by atoms with van der Waals surface area (Å²) in [6.07, 6.45) is 1.57. The molecule has 0 spiro atoms. The Hall–Kier alpha value is -1.35. The molecule has 2 rings (SSSR count). The lowest BCUT2D eigenvalue weighted by Crippen LogP contribution is -1.89. The first-order chi connectivity index (χ1) is 6.72. The molecule has 0 atom stereocenters. The van der Waals surface area contributed by atoms with Gasteiger partial charge in [-0.3, -0.25) is 0 Å². The van der Waals surface area contributed by atoms with Crippen molar-refractivity contribution in [3.05, 3.63) is 35.4 Å². The summed E-state index contributed by atoms with van der Waals surface area (Å²) in [7, 11) is 1.42. The van der Waals surface area contributed by atoms with Gasteiger partial charge in [-0.2, -0.15) is 0 Å². The lowest BCUT2D eigenvalue weighted by molar-refractivity contribution is 0.387. The normalized spacial score (nSPS) is 10.5. The van der Waals surface area contributed by atoms with Crippen LogP contribution in [0.4, 0.5) is 4.39 Å². The molecular formula is C10H7ClFNO. The molecule has 2 aromatic rings. The second kappa shape index (κ2) is 3.42. The minimum atomic E-state index is -0.435. The van der Waals surface area contributed by atoms with Crippen LogP contribution in [0, 0.1) is 5.82 Å². The molecule has 0 unspecified atom stereocenters. The summed E-state index contributed by atoms with van der Waals surface area (Å²) < 4.78 is 18.1. The smallest absolute Gasteiger partial charge is 0.165 e. The number of methoxy groups -OCH3 is 1. The molecule has 0 aliphatic heterocycles. The van der Waals surface area contributed by atoms with E-state index < -0.39 is 5.82 Å². The molecule has 0 aliphatic carbocycles. The van der Waals surface area contributed by atoms with Crippen molar-refractivity contribution in [2.24, 2.45) is 0 Å². The van der Waals surface area contributed by atoms with Gasteiger partial charge in [0, 0.05) is 11.6 Å². The number of pyridine rings is 1. The van der Waals surface area contributed by atoms with Gasteiger partial charge in [-0.1, -0.05) is 11.6 Å². The topological polar surface area (TPSA) is 22.1 Å². The van der Waals surface area contributed by atoms with Crippen LogP contribution in [0.15, 0.2) is 24.4 Å². The van der Waals surface area contributed by atoms with E-state index in [1.165, 1.54) is 13.2 Å². The summed E-state index contributed by atoms with van der Waals surface area (Å²) >= 11 is 5.81. The highest BCUT2D eigenvalue weighted by atomic mass is 35.5. The lowest BCUT2D eigenvalue weighted by atomic mass is 10.1. The molecule has 14 heavy (non-hydrogen) atoms. The van der Waals surface area contributed by atoms with Gasteiger partial charge in [0.1, 0.15) is 5.15 Å². The highest BCUT2D eigenvalue weighted by molar-refractivity contribution is 6.34. The van der Waals surface area contributed by atoms with E-state index in [4.69, 9.17) is 16.3 Å². The third kappa shape index (κ3) is 1.40. The fourth-order valence-electron chi connectivity index (χ4n) is 1.29. The van der Waals surface area contributed by atoms with Crippen LogP contribution in [-0.2, 0) is 0 Å². The Morgan fingerprint density at radius 2 is 2.21 bits per heavy atom. The first-order valence-corrected chi connectivity index (χ1v) is 4.38. The zero-order valence-corrected chi connectivity index (χ0v) is 8.18. The molecule has 0 fully saturated rings. The van der Waals surface area contributed by atoms with Crippen molar-refractivity contribution < 1.29 is 9.13 Å². The first kappa shape index (κ1) is 9.21. The van der Waals surface area contributed by atoms with E-state index in [9.17, 15) is 4.39 Å². The van der Waals surface area contributed by atoms with Crippen LogP contribution in [0.5, 0.6) is 5.75 Å². The number of hydrogen-bond acceptors (Lipinski definition) is 2. The Morgan fingerprint density at radius 3 is 2.93 bits per heavy atom. The van der Waals surface area contributed by atoms with E-state index in [2.05, 4.69) is 4.98 Å². The van der Waals surface area contributed by atoms with Crippen molar-refractivity contribution in [2.75, 3.05) is 7.11 Å². The summed E-state index contributed by atoms with van der Waals surface area (Å²) in [4.78, 5) is 3.86. The molecule has 4 heteroatoms. The van der Waals surface area contributed by atoms with E-state index in [1.54, 1.807) is 18.3 Å². The number of halogens is 2. The predicted molar refractivity (Wildman–Crippen MR) is 53.3 cm³/mol. The quantitative estimate of drug-likeness (QED) is 0.677. The van der Waals surface area contributed by atoms with E-state index in [1.807, 2.05) is 0 Å². The van der Waals surface area contributed by atoms with Gasteiger partial charge >= 0.3 is 0 Å². The van der Waals surface area contributed by atoms with Gasteiger partial charge in [-0.25, -0.2) is 9.37 Å². The van der Waals surface area contributed by atoms with Crippen LogP contribution >= 0.6 is 11.6 Å². The van der Waals surface area contributed by atoms with E-state index in [0.717, 1.165) is 5.39 Å². The summed E-state index contributed by atoms with van der Waals surface area (Å²) in [6.45, 7) is 0. The number of ether oxygens (including phenoxy) is 1. The van der Waals surface area contributed by atoms with Crippen molar-refractivity contribution in [1.29, 1.82) is 0 Å². The van der Waals surface area contributed by atoms with Gasteiger partial charge in [-0.15, -0.1) is 0 Å². The molecular weight excluding hydrogens is 205 g/mol. The van der Waals surface area contributed by atoms with Crippen LogP contribution in [-0.4, -0.2) is 12.1 Å². The molecule has 1 aromatic heterocycles. The van der Waals surface area contributed by atoms with Gasteiger partial charge in [0.25, 0.3) is 0 Å². The molecule has 0 bridgehead atoms.